The summed E-state index contributed by atoms with van der Waals surface area (Å²) in [7, 11) is 2.55. The number of nitroso groups, excluding NO2 is 1. The number of aliphatic hydroxyl groups is 1. The number of rotatable bonds is 8. The highest BCUT2D eigenvalue weighted by atomic mass is 16.7. The van der Waals surface area contributed by atoms with Crippen molar-refractivity contribution in [3.05, 3.63) is 4.91 Å². The molecule has 1 aliphatic heterocycles. The zero-order valence-electron chi connectivity index (χ0n) is 14.0. The number of ether oxygens (including phenoxy) is 4. The van der Waals surface area contributed by atoms with E-state index in [0.29, 0.717) is 5.01 Å². The largest absolute Gasteiger partial charge is 0.454 e. The molecular formula is C13H23N3O8. The zero-order valence-corrected chi connectivity index (χ0v) is 14.0. The molecule has 5 atom stereocenters. The van der Waals surface area contributed by atoms with E-state index >= 15 is 0 Å². The Kier molecular flexibility index (Phi) is 7.98. The predicted octanol–water partition coefficient (Wildman–Crippen LogP) is -0.622. The molecule has 0 aromatic carbocycles. The smallest absolute Gasteiger partial charge is 0.340 e. The fourth-order valence-electron chi connectivity index (χ4n) is 2.26. The van der Waals surface area contributed by atoms with Crippen LogP contribution in [-0.2, 0) is 23.7 Å². The number of nitrogens with zero attached hydrogens (tertiary/aromatic N) is 2. The summed E-state index contributed by atoms with van der Waals surface area (Å²) in [5.74, 6) is -0.589. The summed E-state index contributed by atoms with van der Waals surface area (Å²) >= 11 is 0. The lowest BCUT2D eigenvalue weighted by Gasteiger charge is -2.25. The fourth-order valence-corrected chi connectivity index (χ4v) is 2.26. The number of hydrogen-bond acceptors (Lipinski definition) is 9. The predicted molar refractivity (Wildman–Crippen MR) is 79.6 cm³/mol. The lowest BCUT2D eigenvalue weighted by Crippen LogP contribution is -2.48. The molecule has 0 unspecified atom stereocenters. The van der Waals surface area contributed by atoms with Gasteiger partial charge < -0.3 is 29.4 Å². The number of aliphatic hydroxyl groups excluding tert-OH is 1. The molecule has 138 valence electrons. The molecule has 1 aliphatic rings. The standard InChI is InChI=1S/C13H23N3O8/c1-5-22-12-11(23-7(2)17)9(18)10(24-12)8(21-4)6-14-13(19)16(3)15-20/h8-12,18H,5-6H2,1-4H3,(H,14,19)/t8-,9+,10-,11-,12+/m1/s1. The second kappa shape index (κ2) is 9.47. The van der Waals surface area contributed by atoms with Gasteiger partial charge in [0.05, 0.1) is 5.29 Å². The average molecular weight is 349 g/mol. The van der Waals surface area contributed by atoms with Gasteiger partial charge in [0.1, 0.15) is 18.3 Å². The molecule has 0 aromatic heterocycles. The van der Waals surface area contributed by atoms with Gasteiger partial charge in [-0.25, -0.2) is 4.79 Å². The van der Waals surface area contributed by atoms with E-state index in [0.717, 1.165) is 0 Å². The summed E-state index contributed by atoms with van der Waals surface area (Å²) in [6.45, 7) is 3.15. The van der Waals surface area contributed by atoms with Gasteiger partial charge in [0.2, 0.25) is 0 Å². The zero-order chi connectivity index (χ0) is 18.3. The van der Waals surface area contributed by atoms with Crippen LogP contribution in [-0.4, -0.2) is 80.1 Å². The third kappa shape index (κ3) is 5.09. The van der Waals surface area contributed by atoms with E-state index in [2.05, 4.69) is 10.6 Å². The van der Waals surface area contributed by atoms with Gasteiger partial charge in [0.25, 0.3) is 0 Å². The minimum absolute atomic E-state index is 0.0669. The minimum atomic E-state index is -1.21. The van der Waals surface area contributed by atoms with Crippen LogP contribution in [0.25, 0.3) is 0 Å². The number of hydrogen-bond donors (Lipinski definition) is 2. The molecule has 2 N–H and O–H groups in total. The first-order valence-corrected chi connectivity index (χ1v) is 7.35. The maximum absolute atomic E-state index is 11.5. The molecule has 1 heterocycles. The van der Waals surface area contributed by atoms with Crippen LogP contribution in [0.4, 0.5) is 4.79 Å². The molecule has 24 heavy (non-hydrogen) atoms. The van der Waals surface area contributed by atoms with E-state index in [4.69, 9.17) is 18.9 Å². The minimum Gasteiger partial charge on any atom is -0.454 e. The quantitative estimate of drug-likeness (QED) is 0.336. The van der Waals surface area contributed by atoms with E-state index < -0.39 is 42.7 Å². The van der Waals surface area contributed by atoms with Crippen LogP contribution in [0.1, 0.15) is 13.8 Å². The molecule has 1 fully saturated rings. The van der Waals surface area contributed by atoms with Crippen molar-refractivity contribution < 1.29 is 33.6 Å². The van der Waals surface area contributed by atoms with Crippen LogP contribution in [0.15, 0.2) is 5.29 Å². The third-order valence-electron chi connectivity index (χ3n) is 3.41. The Balaban J connectivity index is 2.75. The van der Waals surface area contributed by atoms with Crippen LogP contribution >= 0.6 is 0 Å². The first-order valence-electron chi connectivity index (χ1n) is 7.35. The maximum Gasteiger partial charge on any atom is 0.340 e. The highest BCUT2D eigenvalue weighted by molar-refractivity contribution is 5.73. The molecule has 2 amide bonds. The average Bonchev–Trinajstić information content (AvgIpc) is 2.84. The molecule has 0 saturated carbocycles. The number of urea groups is 1. The van der Waals surface area contributed by atoms with Crippen molar-refractivity contribution in [3.8, 4) is 0 Å². The maximum atomic E-state index is 11.5. The first-order chi connectivity index (χ1) is 11.3. The second-order valence-electron chi connectivity index (χ2n) is 5.05. The lowest BCUT2D eigenvalue weighted by atomic mass is 10.1. The monoisotopic (exact) mass is 349 g/mol. The van der Waals surface area contributed by atoms with E-state index in [-0.39, 0.29) is 13.2 Å². The molecule has 0 radical (unpaired) electrons. The fraction of sp³-hybridized carbons (Fsp3) is 0.846. The summed E-state index contributed by atoms with van der Waals surface area (Å²) < 4.78 is 21.2. The number of methoxy groups -OCH3 is 1. The normalized spacial score (nSPS) is 27.4. The van der Waals surface area contributed by atoms with Gasteiger partial charge in [-0.15, -0.1) is 4.91 Å². The Morgan fingerprint density at radius 1 is 1.46 bits per heavy atom. The van der Waals surface area contributed by atoms with Crippen LogP contribution in [0, 0.1) is 4.91 Å². The van der Waals surface area contributed by atoms with Crippen LogP contribution in [0.5, 0.6) is 0 Å². The van der Waals surface area contributed by atoms with Crippen molar-refractivity contribution in [2.45, 2.75) is 44.6 Å². The summed E-state index contributed by atoms with van der Waals surface area (Å²) in [5.41, 5.74) is 0. The number of carbonyl (C=O) groups excluding carboxylic acids is 2. The number of nitrogens with one attached hydrogen (secondary N) is 1. The van der Waals surface area contributed by atoms with Crippen molar-refractivity contribution in [2.75, 3.05) is 27.3 Å². The van der Waals surface area contributed by atoms with Gasteiger partial charge in [-0.2, -0.15) is 5.01 Å². The summed E-state index contributed by atoms with van der Waals surface area (Å²) in [6.07, 6.45) is -4.86. The highest BCUT2D eigenvalue weighted by Crippen LogP contribution is 2.28. The second-order valence-corrected chi connectivity index (χ2v) is 5.05. The Bertz CT molecular complexity index is 449. The lowest BCUT2D eigenvalue weighted by molar-refractivity contribution is -0.191. The summed E-state index contributed by atoms with van der Waals surface area (Å²) in [6, 6.07) is -0.738. The van der Waals surface area contributed by atoms with E-state index in [1.165, 1.54) is 21.1 Å². The van der Waals surface area contributed by atoms with Gasteiger partial charge >= 0.3 is 12.0 Å². The SMILES string of the molecule is CCO[C@H]1O[C@H]([C@@H](CNC(=O)N(C)N=O)OC)[C@H](O)[C@H]1OC(C)=O. The third-order valence-corrected chi connectivity index (χ3v) is 3.41. The van der Waals surface area contributed by atoms with Gasteiger partial charge in [-0.3, -0.25) is 4.79 Å². The van der Waals surface area contributed by atoms with Gasteiger partial charge in [-0.05, 0) is 6.92 Å². The van der Waals surface area contributed by atoms with Crippen molar-refractivity contribution >= 4 is 12.0 Å². The molecule has 1 rings (SSSR count). The molecule has 11 heteroatoms. The number of amides is 2. The van der Waals surface area contributed by atoms with Gasteiger partial charge in [-0.1, -0.05) is 0 Å². The molecule has 11 nitrogen and oxygen atoms in total. The Morgan fingerprint density at radius 2 is 2.12 bits per heavy atom. The summed E-state index contributed by atoms with van der Waals surface area (Å²) in [4.78, 5) is 33.0. The molecule has 0 spiro atoms. The highest BCUT2D eigenvalue weighted by Gasteiger charge is 2.49. The van der Waals surface area contributed by atoms with Crippen molar-refractivity contribution in [1.82, 2.24) is 10.3 Å². The molecular weight excluding hydrogens is 326 g/mol. The summed E-state index contributed by atoms with van der Waals surface area (Å²) in [5, 5.41) is 15.8. The van der Waals surface area contributed by atoms with Gasteiger partial charge in [0.15, 0.2) is 12.4 Å². The van der Waals surface area contributed by atoms with E-state index in [1.807, 2.05) is 0 Å². The Morgan fingerprint density at radius 3 is 2.62 bits per heavy atom. The molecule has 1 saturated heterocycles. The Hall–Kier alpha value is -1.82. The van der Waals surface area contributed by atoms with E-state index in [1.54, 1.807) is 6.92 Å². The topological polar surface area (TPSA) is 136 Å². The molecule has 0 bridgehead atoms. The van der Waals surface area contributed by atoms with Gasteiger partial charge in [0, 0.05) is 34.2 Å². The number of esters is 1. The molecule has 0 aromatic rings. The van der Waals surface area contributed by atoms with Crippen LogP contribution in [0.3, 0.4) is 0 Å². The van der Waals surface area contributed by atoms with E-state index in [9.17, 15) is 19.6 Å². The van der Waals surface area contributed by atoms with Crippen molar-refractivity contribution in [1.29, 1.82) is 0 Å². The molecule has 0 aliphatic carbocycles. The number of carbonyl (C=O) groups is 2. The Labute approximate surface area is 139 Å². The van der Waals surface area contributed by atoms with Crippen LogP contribution in [0.2, 0.25) is 0 Å². The van der Waals surface area contributed by atoms with Crippen molar-refractivity contribution in [2.24, 2.45) is 5.29 Å². The van der Waals surface area contributed by atoms with Crippen LogP contribution < -0.4 is 5.32 Å². The first kappa shape index (κ1) is 20.2. The van der Waals surface area contributed by atoms with Crippen molar-refractivity contribution in [3.63, 3.8) is 0 Å².